The summed E-state index contributed by atoms with van der Waals surface area (Å²) in [5, 5.41) is 0. The van der Waals surface area contributed by atoms with Crippen molar-refractivity contribution in [2.24, 2.45) is 0 Å². The molecule has 5 nitrogen and oxygen atoms in total. The second-order valence-corrected chi connectivity index (χ2v) is 7.87. The molecule has 7 heteroatoms. The predicted molar refractivity (Wildman–Crippen MR) is 80.9 cm³/mol. The van der Waals surface area contributed by atoms with Crippen molar-refractivity contribution < 1.29 is 12.8 Å². The van der Waals surface area contributed by atoms with Gasteiger partial charge < -0.3 is 10.6 Å². The van der Waals surface area contributed by atoms with Gasteiger partial charge in [0.2, 0.25) is 10.0 Å². The lowest BCUT2D eigenvalue weighted by Gasteiger charge is -2.48. The number of nitrogen functional groups attached to an aromatic ring is 1. The summed E-state index contributed by atoms with van der Waals surface area (Å²) in [6, 6.07) is 3.91. The summed E-state index contributed by atoms with van der Waals surface area (Å²) in [6.45, 7) is 0.329. The van der Waals surface area contributed by atoms with Crippen LogP contribution in [0.1, 0.15) is 19.3 Å². The maximum Gasteiger partial charge on any atom is 0.247 e. The monoisotopic (exact) mass is 315 g/mol. The third kappa shape index (κ3) is 2.77. The summed E-state index contributed by atoms with van der Waals surface area (Å²) < 4.78 is 40.3. The van der Waals surface area contributed by atoms with E-state index in [1.165, 1.54) is 23.5 Å². The van der Waals surface area contributed by atoms with Gasteiger partial charge in [0.05, 0.1) is 5.69 Å². The minimum Gasteiger partial charge on any atom is -0.398 e. The number of hydrogen-bond acceptors (Lipinski definition) is 4. The topological polar surface area (TPSA) is 66.6 Å². The minimum absolute atomic E-state index is 0.0608. The second-order valence-electron chi connectivity index (χ2n) is 5.89. The van der Waals surface area contributed by atoms with Crippen molar-refractivity contribution in [1.29, 1.82) is 0 Å². The number of likely N-dealkylation sites (N-methyl/N-ethyl adjacent to an activating group) is 2. The van der Waals surface area contributed by atoms with Crippen molar-refractivity contribution in [3.8, 4) is 0 Å². The van der Waals surface area contributed by atoms with Crippen LogP contribution in [0.4, 0.5) is 10.1 Å². The zero-order valence-electron chi connectivity index (χ0n) is 12.6. The molecule has 1 aromatic carbocycles. The Kier molecular flexibility index (Phi) is 4.28. The number of rotatable bonds is 5. The molecule has 0 heterocycles. The largest absolute Gasteiger partial charge is 0.398 e. The van der Waals surface area contributed by atoms with E-state index in [0.717, 1.165) is 25.3 Å². The van der Waals surface area contributed by atoms with Gasteiger partial charge in [0.15, 0.2) is 0 Å². The molecule has 1 aliphatic rings. The van der Waals surface area contributed by atoms with Crippen LogP contribution in [0.5, 0.6) is 0 Å². The smallest absolute Gasteiger partial charge is 0.247 e. The molecule has 0 aromatic heterocycles. The maximum absolute atomic E-state index is 13.9. The van der Waals surface area contributed by atoms with E-state index in [1.807, 2.05) is 19.0 Å². The quantitative estimate of drug-likeness (QED) is 0.837. The van der Waals surface area contributed by atoms with Gasteiger partial charge in [0.1, 0.15) is 10.7 Å². The molecule has 0 amide bonds. The number of hydrogen-bond donors (Lipinski definition) is 1. The van der Waals surface area contributed by atoms with Crippen LogP contribution in [-0.4, -0.2) is 50.8 Å². The Morgan fingerprint density at radius 3 is 2.33 bits per heavy atom. The number of halogens is 1. The van der Waals surface area contributed by atoms with Gasteiger partial charge in [-0.25, -0.2) is 12.8 Å². The third-order valence-corrected chi connectivity index (χ3v) is 6.31. The highest BCUT2D eigenvalue weighted by Crippen LogP contribution is 2.38. The van der Waals surface area contributed by atoms with Crippen LogP contribution in [0.15, 0.2) is 23.1 Å². The highest BCUT2D eigenvalue weighted by atomic mass is 32.2. The molecule has 1 aliphatic carbocycles. The lowest BCUT2D eigenvalue weighted by atomic mass is 9.75. The molecule has 0 saturated heterocycles. The van der Waals surface area contributed by atoms with Gasteiger partial charge in [-0.2, -0.15) is 4.31 Å². The average Bonchev–Trinajstić information content (AvgIpc) is 2.32. The van der Waals surface area contributed by atoms with Crippen molar-refractivity contribution in [3.05, 3.63) is 24.0 Å². The van der Waals surface area contributed by atoms with Crippen molar-refractivity contribution in [3.63, 3.8) is 0 Å². The Bertz CT molecular complexity index is 607. The normalized spacial score (nSPS) is 18.0. The molecule has 2 rings (SSSR count). The van der Waals surface area contributed by atoms with Gasteiger partial charge in [-0.05, 0) is 45.5 Å². The molecular formula is C14H22FN3O2S. The van der Waals surface area contributed by atoms with Crippen LogP contribution in [0.25, 0.3) is 0 Å². The first-order valence-corrected chi connectivity index (χ1v) is 8.32. The van der Waals surface area contributed by atoms with E-state index in [1.54, 1.807) is 0 Å². The number of nitrogens with two attached hydrogens (primary N) is 1. The molecule has 0 unspecified atom stereocenters. The average molecular weight is 315 g/mol. The standard InChI is InChI=1S/C14H22FN3O2S/c1-17(2)14(8-5-9-14)10-18(3)21(19,20)13-11(15)6-4-7-12(13)16/h4,6-7H,5,8-10,16H2,1-3H3. The second kappa shape index (κ2) is 5.55. The zero-order valence-corrected chi connectivity index (χ0v) is 13.5. The number of anilines is 1. The molecule has 0 spiro atoms. The fraction of sp³-hybridized carbons (Fsp3) is 0.571. The molecular weight excluding hydrogens is 293 g/mol. The first kappa shape index (κ1) is 16.2. The van der Waals surface area contributed by atoms with Gasteiger partial charge in [-0.3, -0.25) is 0 Å². The van der Waals surface area contributed by atoms with Crippen molar-refractivity contribution in [2.75, 3.05) is 33.4 Å². The van der Waals surface area contributed by atoms with Gasteiger partial charge in [-0.1, -0.05) is 6.07 Å². The zero-order chi connectivity index (χ0) is 15.8. The van der Waals surface area contributed by atoms with E-state index < -0.39 is 20.7 Å². The van der Waals surface area contributed by atoms with Gasteiger partial charge in [0, 0.05) is 19.1 Å². The Morgan fingerprint density at radius 1 is 1.29 bits per heavy atom. The lowest BCUT2D eigenvalue weighted by Crippen LogP contribution is -2.57. The van der Waals surface area contributed by atoms with E-state index in [4.69, 9.17) is 5.73 Å². The maximum atomic E-state index is 13.9. The number of benzene rings is 1. The van der Waals surface area contributed by atoms with Crippen LogP contribution in [0.2, 0.25) is 0 Å². The van der Waals surface area contributed by atoms with E-state index in [0.29, 0.717) is 6.54 Å². The molecule has 1 aromatic rings. The Hall–Kier alpha value is -1.18. The summed E-state index contributed by atoms with van der Waals surface area (Å²) in [6.07, 6.45) is 2.95. The van der Waals surface area contributed by atoms with E-state index >= 15 is 0 Å². The van der Waals surface area contributed by atoms with E-state index in [-0.39, 0.29) is 11.2 Å². The fourth-order valence-corrected chi connectivity index (χ4v) is 4.19. The van der Waals surface area contributed by atoms with Crippen LogP contribution in [0.3, 0.4) is 0 Å². The Labute approximate surface area is 125 Å². The van der Waals surface area contributed by atoms with Crippen LogP contribution < -0.4 is 5.73 Å². The number of nitrogens with zero attached hydrogens (tertiary/aromatic N) is 2. The van der Waals surface area contributed by atoms with Gasteiger partial charge in [-0.15, -0.1) is 0 Å². The first-order valence-electron chi connectivity index (χ1n) is 6.88. The molecule has 118 valence electrons. The van der Waals surface area contributed by atoms with E-state index in [9.17, 15) is 12.8 Å². The Balaban J connectivity index is 2.32. The Morgan fingerprint density at radius 2 is 1.90 bits per heavy atom. The minimum atomic E-state index is -3.94. The summed E-state index contributed by atoms with van der Waals surface area (Å²) in [7, 11) is 1.42. The van der Waals surface area contributed by atoms with Crippen LogP contribution in [-0.2, 0) is 10.0 Å². The van der Waals surface area contributed by atoms with Gasteiger partial charge in [0.25, 0.3) is 0 Å². The highest BCUT2D eigenvalue weighted by molar-refractivity contribution is 7.89. The van der Waals surface area contributed by atoms with Crippen LogP contribution in [0, 0.1) is 5.82 Å². The summed E-state index contributed by atoms with van der Waals surface area (Å²) in [5.74, 6) is -0.811. The fourth-order valence-electron chi connectivity index (χ4n) is 2.78. The molecule has 0 aliphatic heterocycles. The molecule has 0 atom stereocenters. The highest BCUT2D eigenvalue weighted by Gasteiger charge is 2.42. The molecule has 1 fully saturated rings. The summed E-state index contributed by atoms with van der Waals surface area (Å²) in [5.41, 5.74) is 5.43. The molecule has 0 radical (unpaired) electrons. The molecule has 0 bridgehead atoms. The SMILES string of the molecule is CN(C)C1(CN(C)S(=O)(=O)c2c(N)cccc2F)CCC1. The van der Waals surface area contributed by atoms with Gasteiger partial charge >= 0.3 is 0 Å². The molecule has 21 heavy (non-hydrogen) atoms. The van der Waals surface area contributed by atoms with E-state index in [2.05, 4.69) is 0 Å². The van der Waals surface area contributed by atoms with Crippen LogP contribution >= 0.6 is 0 Å². The third-order valence-electron chi connectivity index (χ3n) is 4.42. The van der Waals surface area contributed by atoms with Crippen molar-refractivity contribution in [2.45, 2.75) is 29.7 Å². The summed E-state index contributed by atoms with van der Waals surface area (Å²) in [4.78, 5) is 1.62. The first-order chi connectivity index (χ1) is 9.70. The number of sulfonamides is 1. The predicted octanol–water partition coefficient (Wildman–Crippen LogP) is 1.51. The summed E-state index contributed by atoms with van der Waals surface area (Å²) >= 11 is 0. The lowest BCUT2D eigenvalue weighted by molar-refractivity contribution is 0.0455. The molecule has 2 N–H and O–H groups in total. The van der Waals surface area contributed by atoms with Crippen molar-refractivity contribution in [1.82, 2.24) is 9.21 Å². The molecule has 1 saturated carbocycles. The van der Waals surface area contributed by atoms with Crippen molar-refractivity contribution >= 4 is 15.7 Å².